The second-order valence-electron chi connectivity index (χ2n) is 15.5. The van der Waals surface area contributed by atoms with E-state index in [9.17, 15) is 33.2 Å². The van der Waals surface area contributed by atoms with Gasteiger partial charge in [-0.25, -0.2) is 9.18 Å². The van der Waals surface area contributed by atoms with Crippen molar-refractivity contribution in [2.45, 2.75) is 51.1 Å². The Hall–Kier alpha value is -6.18. The lowest BCUT2D eigenvalue weighted by atomic mass is 10.0. The number of piperazine rings is 1. The number of carbonyl (C=O) groups excluding carboxylic acids is 5. The lowest BCUT2D eigenvalue weighted by Crippen LogP contribution is -2.52. The van der Waals surface area contributed by atoms with Gasteiger partial charge in [-0.15, -0.1) is 12.6 Å². The van der Waals surface area contributed by atoms with Crippen molar-refractivity contribution in [3.05, 3.63) is 81.4 Å². The SMILES string of the molecule is N/C(=C\NCCCC(=O)N1CCN(CC#Cc2ccc(OCCC/C(S)=C(/N)C(=O)O)c(F)c2)CC1)COCCOCCOCC(=O)Nc1cccc2c1CN(C1CCC(=O)NC1=O)C2=O. The van der Waals surface area contributed by atoms with Gasteiger partial charge in [-0.1, -0.05) is 17.9 Å². The fourth-order valence-corrected chi connectivity index (χ4v) is 7.36. The molecule has 356 valence electrons. The molecule has 0 aromatic heterocycles. The zero-order valence-corrected chi connectivity index (χ0v) is 37.5. The number of ether oxygens (including phenoxy) is 4. The fraction of sp³-hybridized carbons (Fsp3) is 0.467. The van der Waals surface area contributed by atoms with Crippen LogP contribution in [-0.4, -0.2) is 147 Å². The molecule has 5 amide bonds. The highest BCUT2D eigenvalue weighted by atomic mass is 32.1. The van der Waals surface area contributed by atoms with Gasteiger partial charge in [0.2, 0.25) is 23.6 Å². The van der Waals surface area contributed by atoms with Crippen molar-refractivity contribution in [2.24, 2.45) is 11.5 Å². The van der Waals surface area contributed by atoms with Crippen molar-refractivity contribution in [3.63, 3.8) is 0 Å². The van der Waals surface area contributed by atoms with Crippen LogP contribution in [0.25, 0.3) is 0 Å². The summed E-state index contributed by atoms with van der Waals surface area (Å²) < 4.78 is 36.5. The van der Waals surface area contributed by atoms with Crippen LogP contribution < -0.4 is 32.2 Å². The molecule has 1 unspecified atom stereocenters. The van der Waals surface area contributed by atoms with E-state index in [-0.39, 0.29) is 99.7 Å². The van der Waals surface area contributed by atoms with E-state index in [0.29, 0.717) is 93.0 Å². The molecule has 5 rings (SSSR count). The van der Waals surface area contributed by atoms with Crippen molar-refractivity contribution in [3.8, 4) is 17.6 Å². The smallest absolute Gasteiger partial charge is 0.352 e. The van der Waals surface area contributed by atoms with Crippen LogP contribution in [0.15, 0.2) is 58.9 Å². The first-order valence-corrected chi connectivity index (χ1v) is 22.0. The van der Waals surface area contributed by atoms with Crippen LogP contribution in [0.5, 0.6) is 5.75 Å². The van der Waals surface area contributed by atoms with E-state index < -0.39 is 29.6 Å². The van der Waals surface area contributed by atoms with Gasteiger partial charge in [0.1, 0.15) is 18.3 Å². The third kappa shape index (κ3) is 15.8. The average Bonchev–Trinajstić information content (AvgIpc) is 3.63. The Morgan fingerprint density at radius 2 is 1.70 bits per heavy atom. The Morgan fingerprint density at radius 1 is 0.955 bits per heavy atom. The molecule has 2 aromatic carbocycles. The van der Waals surface area contributed by atoms with Crippen molar-refractivity contribution < 1.29 is 57.2 Å². The van der Waals surface area contributed by atoms with Crippen LogP contribution in [0.4, 0.5) is 10.1 Å². The molecule has 0 saturated carbocycles. The number of thiol groups is 1. The lowest BCUT2D eigenvalue weighted by molar-refractivity contribution is -0.137. The quantitative estimate of drug-likeness (QED) is 0.0257. The molecule has 2 saturated heterocycles. The molecule has 3 aliphatic heterocycles. The summed E-state index contributed by atoms with van der Waals surface area (Å²) in [4.78, 5) is 78.8. The minimum absolute atomic E-state index is 0.0721. The second kappa shape index (κ2) is 26.1. The van der Waals surface area contributed by atoms with Crippen molar-refractivity contribution in [1.82, 2.24) is 25.3 Å². The summed E-state index contributed by atoms with van der Waals surface area (Å²) in [6.07, 6.45) is 3.77. The number of nitrogens with zero attached hydrogens (tertiary/aromatic N) is 3. The van der Waals surface area contributed by atoms with Crippen molar-refractivity contribution in [2.75, 3.05) is 90.8 Å². The van der Waals surface area contributed by atoms with Gasteiger partial charge in [0.05, 0.1) is 51.9 Å². The molecule has 0 radical (unpaired) electrons. The summed E-state index contributed by atoms with van der Waals surface area (Å²) in [6, 6.07) is 8.70. The first-order valence-electron chi connectivity index (χ1n) is 21.6. The summed E-state index contributed by atoms with van der Waals surface area (Å²) in [5.41, 5.74) is 13.6. The number of aliphatic carboxylic acids is 1. The number of amides is 5. The second-order valence-corrected chi connectivity index (χ2v) is 16.0. The molecule has 3 heterocycles. The van der Waals surface area contributed by atoms with Gasteiger partial charge >= 0.3 is 5.97 Å². The predicted octanol–water partition coefficient (Wildman–Crippen LogP) is 1.28. The number of anilines is 1. The Labute approximate surface area is 387 Å². The molecular weight excluding hydrogens is 880 g/mol. The molecule has 8 N–H and O–H groups in total. The Morgan fingerprint density at radius 3 is 2.42 bits per heavy atom. The number of hydrogen-bond donors (Lipinski definition) is 7. The highest BCUT2D eigenvalue weighted by Crippen LogP contribution is 2.32. The molecule has 19 nitrogen and oxygen atoms in total. The fourth-order valence-electron chi connectivity index (χ4n) is 7.11. The largest absolute Gasteiger partial charge is 0.491 e. The monoisotopic (exact) mass is 936 g/mol. The summed E-state index contributed by atoms with van der Waals surface area (Å²) in [5, 5.41) is 17.1. The van der Waals surface area contributed by atoms with E-state index in [1.54, 1.807) is 30.5 Å². The summed E-state index contributed by atoms with van der Waals surface area (Å²) in [5.74, 6) is 2.80. The van der Waals surface area contributed by atoms with Gasteiger partial charge in [-0.2, -0.15) is 0 Å². The van der Waals surface area contributed by atoms with Crippen molar-refractivity contribution >= 4 is 53.8 Å². The molecule has 21 heteroatoms. The number of nitrogens with two attached hydrogens (primary N) is 2. The van der Waals surface area contributed by atoms with Crippen LogP contribution in [0.3, 0.4) is 0 Å². The predicted molar refractivity (Wildman–Crippen MR) is 242 cm³/mol. The molecule has 3 aliphatic rings. The van der Waals surface area contributed by atoms with Gasteiger partial charge in [0.25, 0.3) is 5.91 Å². The standard InChI is InChI=1S/C45H57FN8O11S/c46-34-25-30(10-12-37(34)65-20-4-8-38(66)42(48)45(60)61)5-3-15-52-16-18-53(19-17-52)41(57)9-2-14-49-26-31(47)28-63-23-21-62-22-24-64-29-40(56)50-35-7-1-6-32-33(35)27-54(44(32)59)36-11-13-39(55)51-43(36)58/h1,6-7,10,12,25-26,36,49,66H,2,4,8-9,11,13-24,27-29,47-48H2,(H,50,56)(H,60,61)(H,51,55,58)/b31-26-,42-38-. The number of allylic oxidation sites excluding steroid dienone is 1. The lowest BCUT2D eigenvalue weighted by Gasteiger charge is -2.33. The summed E-state index contributed by atoms with van der Waals surface area (Å²) in [6.45, 7) is 4.82. The van der Waals surface area contributed by atoms with Crippen molar-refractivity contribution in [1.29, 1.82) is 0 Å². The minimum atomic E-state index is -1.24. The zero-order chi connectivity index (χ0) is 47.4. The number of rotatable bonds is 24. The van der Waals surface area contributed by atoms with Gasteiger partial charge < -0.3 is 56.0 Å². The first kappa shape index (κ1) is 50.8. The summed E-state index contributed by atoms with van der Waals surface area (Å²) in [7, 11) is 0. The normalized spacial score (nSPS) is 16.8. The number of halogens is 1. The number of nitrogens with one attached hydrogen (secondary N) is 3. The van der Waals surface area contributed by atoms with Gasteiger partial charge in [0.15, 0.2) is 11.6 Å². The van der Waals surface area contributed by atoms with E-state index in [1.807, 2.05) is 4.90 Å². The Balaban J connectivity index is 0.843. The maximum Gasteiger partial charge on any atom is 0.352 e. The van der Waals surface area contributed by atoms with E-state index in [0.717, 1.165) is 0 Å². The Bertz CT molecular complexity index is 2210. The summed E-state index contributed by atoms with van der Waals surface area (Å²) >= 11 is 4.08. The number of fused-ring (bicyclic) bond motifs is 1. The number of benzene rings is 2. The maximum absolute atomic E-state index is 14.6. The van der Waals surface area contributed by atoms with Crippen LogP contribution in [-0.2, 0) is 44.7 Å². The third-order valence-corrected chi connectivity index (χ3v) is 11.1. The molecule has 66 heavy (non-hydrogen) atoms. The topological polar surface area (TPSA) is 257 Å². The molecule has 1 atom stereocenters. The highest BCUT2D eigenvalue weighted by Gasteiger charge is 2.40. The number of carboxylic acid groups (broad SMARTS) is 1. The first-order chi connectivity index (χ1) is 31.8. The van der Waals surface area contributed by atoms with E-state index >= 15 is 0 Å². The van der Waals surface area contributed by atoms with Crippen LogP contribution in [0.1, 0.15) is 60.0 Å². The van der Waals surface area contributed by atoms with Crippen LogP contribution >= 0.6 is 12.6 Å². The molecule has 0 bridgehead atoms. The molecular formula is C45H57FN8O11S. The number of imide groups is 1. The Kier molecular flexibility index (Phi) is 20.1. The minimum Gasteiger partial charge on any atom is -0.491 e. The van der Waals surface area contributed by atoms with E-state index in [1.165, 1.54) is 17.0 Å². The third-order valence-electron chi connectivity index (χ3n) is 10.7. The highest BCUT2D eigenvalue weighted by molar-refractivity contribution is 7.84. The molecule has 2 aromatic rings. The van der Waals surface area contributed by atoms with E-state index in [4.69, 9.17) is 35.5 Å². The van der Waals surface area contributed by atoms with E-state index in [2.05, 4.69) is 45.3 Å². The van der Waals surface area contributed by atoms with Gasteiger partial charge in [0, 0.05) is 85.6 Å². The zero-order valence-electron chi connectivity index (χ0n) is 36.6. The van der Waals surface area contributed by atoms with Crippen LogP contribution in [0, 0.1) is 17.7 Å². The molecule has 0 aliphatic carbocycles. The van der Waals surface area contributed by atoms with Crippen LogP contribution in [0.2, 0.25) is 0 Å². The number of hydrogen-bond acceptors (Lipinski definition) is 15. The number of piperidine rings is 1. The molecule has 2 fully saturated rings. The van der Waals surface area contributed by atoms with Gasteiger partial charge in [-0.3, -0.25) is 34.2 Å². The maximum atomic E-state index is 14.6. The number of carbonyl (C=O) groups is 6. The average molecular weight is 937 g/mol. The number of carboxylic acids is 1. The van der Waals surface area contributed by atoms with Gasteiger partial charge in [-0.05, 0) is 56.0 Å². The molecule has 0 spiro atoms.